The number of likely N-dealkylation sites (tertiary alicyclic amines) is 1. The highest BCUT2D eigenvalue weighted by molar-refractivity contribution is 5.18. The first-order valence-corrected chi connectivity index (χ1v) is 7.95. The van der Waals surface area contributed by atoms with Crippen LogP contribution in [-0.4, -0.2) is 51.1 Å². The summed E-state index contributed by atoms with van der Waals surface area (Å²) in [7, 11) is 0. The van der Waals surface area contributed by atoms with Gasteiger partial charge in [0.05, 0.1) is 19.3 Å². The maximum Gasteiger partial charge on any atom is 0.230 e. The summed E-state index contributed by atoms with van der Waals surface area (Å²) >= 11 is 0. The van der Waals surface area contributed by atoms with E-state index in [2.05, 4.69) is 15.1 Å². The average molecular weight is 317 g/mol. The van der Waals surface area contributed by atoms with Crippen molar-refractivity contribution in [2.45, 2.75) is 32.4 Å². The van der Waals surface area contributed by atoms with Crippen LogP contribution in [0, 0.1) is 12.3 Å². The van der Waals surface area contributed by atoms with Crippen molar-refractivity contribution < 1.29 is 14.6 Å². The van der Waals surface area contributed by atoms with Crippen molar-refractivity contribution in [3.63, 3.8) is 0 Å². The SMILES string of the molecule is Cc1nnc(CN2CC[C@H](O)[C@](CO)(Cc3ccccc3)C2)o1. The van der Waals surface area contributed by atoms with Crippen molar-refractivity contribution in [3.8, 4) is 0 Å². The normalized spacial score (nSPS) is 25.6. The predicted molar refractivity (Wildman–Crippen MR) is 84.6 cm³/mol. The monoisotopic (exact) mass is 317 g/mol. The van der Waals surface area contributed by atoms with Crippen LogP contribution in [-0.2, 0) is 13.0 Å². The van der Waals surface area contributed by atoms with E-state index in [0.717, 1.165) is 12.1 Å². The summed E-state index contributed by atoms with van der Waals surface area (Å²) in [5, 5.41) is 28.4. The van der Waals surface area contributed by atoms with Crippen molar-refractivity contribution >= 4 is 0 Å². The fourth-order valence-corrected chi connectivity index (χ4v) is 3.36. The number of benzene rings is 1. The number of nitrogens with zero attached hydrogens (tertiary/aromatic N) is 3. The third-order valence-corrected chi connectivity index (χ3v) is 4.60. The number of rotatable bonds is 5. The number of piperidine rings is 1. The van der Waals surface area contributed by atoms with E-state index >= 15 is 0 Å². The Bertz CT molecular complexity index is 631. The minimum absolute atomic E-state index is 0.0532. The molecule has 2 heterocycles. The van der Waals surface area contributed by atoms with Crippen LogP contribution < -0.4 is 0 Å². The topological polar surface area (TPSA) is 82.6 Å². The number of aliphatic hydroxyl groups is 2. The van der Waals surface area contributed by atoms with E-state index in [0.29, 0.717) is 37.7 Å². The van der Waals surface area contributed by atoms with Crippen LogP contribution in [0.4, 0.5) is 0 Å². The minimum atomic E-state index is -0.561. The van der Waals surface area contributed by atoms with Gasteiger partial charge in [0.1, 0.15) is 0 Å². The van der Waals surface area contributed by atoms with Crippen LogP contribution in [0.1, 0.15) is 23.8 Å². The molecule has 2 aromatic rings. The van der Waals surface area contributed by atoms with E-state index in [1.54, 1.807) is 6.92 Å². The largest absolute Gasteiger partial charge is 0.424 e. The van der Waals surface area contributed by atoms with Crippen LogP contribution in [0.2, 0.25) is 0 Å². The van der Waals surface area contributed by atoms with Gasteiger partial charge < -0.3 is 14.6 Å². The molecule has 0 aliphatic carbocycles. The predicted octanol–water partition coefficient (Wildman–Crippen LogP) is 1.17. The zero-order valence-corrected chi connectivity index (χ0v) is 13.4. The van der Waals surface area contributed by atoms with Crippen molar-refractivity contribution in [1.29, 1.82) is 0 Å². The van der Waals surface area contributed by atoms with Gasteiger partial charge in [-0.25, -0.2) is 0 Å². The standard InChI is InChI=1S/C17H23N3O3/c1-13-18-19-16(23-13)10-20-8-7-15(22)17(11-20,12-21)9-14-5-3-2-4-6-14/h2-6,15,21-22H,7-12H2,1H3/t15-,17+/m0/s1. The Labute approximate surface area is 135 Å². The summed E-state index contributed by atoms with van der Waals surface area (Å²) in [6.07, 6.45) is 0.749. The second-order valence-corrected chi connectivity index (χ2v) is 6.41. The summed E-state index contributed by atoms with van der Waals surface area (Å²) in [5.74, 6) is 1.13. The number of hydrogen-bond acceptors (Lipinski definition) is 6. The van der Waals surface area contributed by atoms with Crippen molar-refractivity contribution in [2.75, 3.05) is 19.7 Å². The zero-order chi connectivity index (χ0) is 16.3. The van der Waals surface area contributed by atoms with Gasteiger partial charge in [0, 0.05) is 25.4 Å². The molecule has 1 aromatic heterocycles. The molecule has 6 heteroatoms. The summed E-state index contributed by atoms with van der Waals surface area (Å²) in [5.41, 5.74) is 0.561. The maximum absolute atomic E-state index is 10.5. The lowest BCUT2D eigenvalue weighted by atomic mass is 9.73. The van der Waals surface area contributed by atoms with Gasteiger partial charge in [-0.3, -0.25) is 4.90 Å². The second kappa shape index (κ2) is 6.78. The molecule has 0 saturated carbocycles. The lowest BCUT2D eigenvalue weighted by Crippen LogP contribution is -2.54. The number of aryl methyl sites for hydroxylation is 1. The molecule has 0 bridgehead atoms. The Morgan fingerprint density at radius 2 is 2.09 bits per heavy atom. The first-order chi connectivity index (χ1) is 11.1. The molecule has 2 N–H and O–H groups in total. The number of aliphatic hydroxyl groups excluding tert-OH is 2. The molecular formula is C17H23N3O3. The fourth-order valence-electron chi connectivity index (χ4n) is 3.36. The molecule has 0 spiro atoms. The first kappa shape index (κ1) is 16.1. The number of hydrogen-bond donors (Lipinski definition) is 2. The Kier molecular flexibility index (Phi) is 4.75. The Balaban J connectivity index is 1.74. The van der Waals surface area contributed by atoms with Gasteiger partial charge in [0.25, 0.3) is 0 Å². The second-order valence-electron chi connectivity index (χ2n) is 6.41. The minimum Gasteiger partial charge on any atom is -0.424 e. The van der Waals surface area contributed by atoms with Gasteiger partial charge in [-0.05, 0) is 18.4 Å². The van der Waals surface area contributed by atoms with Gasteiger partial charge >= 0.3 is 0 Å². The highest BCUT2D eigenvalue weighted by Gasteiger charge is 2.42. The molecule has 2 atom stereocenters. The van der Waals surface area contributed by atoms with Gasteiger partial charge in [-0.15, -0.1) is 10.2 Å². The van der Waals surface area contributed by atoms with E-state index in [-0.39, 0.29) is 6.61 Å². The molecular weight excluding hydrogens is 294 g/mol. The van der Waals surface area contributed by atoms with Gasteiger partial charge in [-0.2, -0.15) is 0 Å². The molecule has 1 aliphatic rings. The zero-order valence-electron chi connectivity index (χ0n) is 13.4. The lowest BCUT2D eigenvalue weighted by Gasteiger charge is -2.45. The molecule has 1 aromatic carbocycles. The molecule has 23 heavy (non-hydrogen) atoms. The molecule has 0 amide bonds. The van der Waals surface area contributed by atoms with E-state index < -0.39 is 11.5 Å². The van der Waals surface area contributed by atoms with Crippen molar-refractivity contribution in [3.05, 3.63) is 47.7 Å². The molecule has 124 valence electrons. The highest BCUT2D eigenvalue weighted by Crippen LogP contribution is 2.34. The summed E-state index contributed by atoms with van der Waals surface area (Å²) in [6, 6.07) is 9.99. The van der Waals surface area contributed by atoms with Gasteiger partial charge in [0.2, 0.25) is 11.8 Å². The van der Waals surface area contributed by atoms with Crippen LogP contribution in [0.25, 0.3) is 0 Å². The maximum atomic E-state index is 10.5. The molecule has 1 aliphatic heterocycles. The van der Waals surface area contributed by atoms with Crippen molar-refractivity contribution in [1.82, 2.24) is 15.1 Å². The van der Waals surface area contributed by atoms with Gasteiger partial charge in [0.15, 0.2) is 0 Å². The Hall–Kier alpha value is -1.76. The molecule has 3 rings (SSSR count). The van der Waals surface area contributed by atoms with Crippen LogP contribution >= 0.6 is 0 Å². The van der Waals surface area contributed by atoms with Crippen LogP contribution in [0.15, 0.2) is 34.7 Å². The Morgan fingerprint density at radius 3 is 2.74 bits per heavy atom. The van der Waals surface area contributed by atoms with Crippen molar-refractivity contribution in [2.24, 2.45) is 5.41 Å². The Morgan fingerprint density at radius 1 is 1.30 bits per heavy atom. The smallest absolute Gasteiger partial charge is 0.230 e. The molecule has 0 radical (unpaired) electrons. The number of aromatic nitrogens is 2. The summed E-state index contributed by atoms with van der Waals surface area (Å²) in [6.45, 7) is 3.61. The van der Waals surface area contributed by atoms with Crippen LogP contribution in [0.5, 0.6) is 0 Å². The highest BCUT2D eigenvalue weighted by atomic mass is 16.4. The molecule has 6 nitrogen and oxygen atoms in total. The first-order valence-electron chi connectivity index (χ1n) is 7.95. The fraction of sp³-hybridized carbons (Fsp3) is 0.529. The third kappa shape index (κ3) is 3.60. The van der Waals surface area contributed by atoms with E-state index in [4.69, 9.17) is 4.42 Å². The quantitative estimate of drug-likeness (QED) is 0.861. The summed E-state index contributed by atoms with van der Waals surface area (Å²) in [4.78, 5) is 2.17. The average Bonchev–Trinajstić information content (AvgIpc) is 2.96. The third-order valence-electron chi connectivity index (χ3n) is 4.60. The summed E-state index contributed by atoms with van der Waals surface area (Å²) < 4.78 is 5.44. The van der Waals surface area contributed by atoms with Crippen LogP contribution in [0.3, 0.4) is 0 Å². The molecule has 1 fully saturated rings. The van der Waals surface area contributed by atoms with E-state index in [9.17, 15) is 10.2 Å². The molecule has 1 saturated heterocycles. The van der Waals surface area contributed by atoms with Gasteiger partial charge in [-0.1, -0.05) is 30.3 Å². The lowest BCUT2D eigenvalue weighted by molar-refractivity contribution is -0.0782. The molecule has 0 unspecified atom stereocenters. The van der Waals surface area contributed by atoms with E-state index in [1.165, 1.54) is 0 Å². The van der Waals surface area contributed by atoms with E-state index in [1.807, 2.05) is 30.3 Å².